The van der Waals surface area contributed by atoms with Gasteiger partial charge in [-0.2, -0.15) is 0 Å². The van der Waals surface area contributed by atoms with Gasteiger partial charge < -0.3 is 10.0 Å². The summed E-state index contributed by atoms with van der Waals surface area (Å²) in [6, 6.07) is 2.16. The molecule has 1 aromatic rings. The minimum atomic E-state index is -0.893. The number of anilines is 1. The highest BCUT2D eigenvalue weighted by Gasteiger charge is 2.18. The first-order valence-corrected chi connectivity index (χ1v) is 11.7. The fraction of sp³-hybridized carbons (Fsp3) is 0.696. The van der Waals surface area contributed by atoms with E-state index in [0.717, 1.165) is 30.5 Å². The van der Waals surface area contributed by atoms with E-state index in [9.17, 15) is 4.79 Å². The second kappa shape index (κ2) is 13.8. The van der Waals surface area contributed by atoms with Gasteiger partial charge in [0.25, 0.3) is 0 Å². The third-order valence-corrected chi connectivity index (χ3v) is 6.39. The van der Waals surface area contributed by atoms with E-state index in [4.69, 9.17) is 5.11 Å². The smallest absolute Gasteiger partial charge is 0.328 e. The molecule has 0 radical (unpaired) electrons. The average Bonchev–Trinajstić information content (AvgIpc) is 3.14. The van der Waals surface area contributed by atoms with Crippen molar-refractivity contribution in [2.75, 3.05) is 18.0 Å². The molecular weight excluding hydrogens is 354 g/mol. The quantitative estimate of drug-likeness (QED) is 0.323. The molecule has 1 rings (SSSR count). The van der Waals surface area contributed by atoms with E-state index in [2.05, 4.69) is 44.0 Å². The van der Waals surface area contributed by atoms with Crippen LogP contribution in [0.25, 0.3) is 6.08 Å². The van der Waals surface area contributed by atoms with Gasteiger partial charge in [0.05, 0.1) is 5.00 Å². The molecule has 1 heterocycles. The van der Waals surface area contributed by atoms with Crippen LogP contribution in [0.15, 0.2) is 17.5 Å². The number of rotatable bonds is 15. The first-order valence-electron chi connectivity index (χ1n) is 10.8. The molecule has 1 aromatic heterocycles. The van der Waals surface area contributed by atoms with Crippen LogP contribution < -0.4 is 4.90 Å². The maximum atomic E-state index is 10.8. The van der Waals surface area contributed by atoms with Gasteiger partial charge >= 0.3 is 5.97 Å². The van der Waals surface area contributed by atoms with Gasteiger partial charge in [-0.3, -0.25) is 0 Å². The minimum absolute atomic E-state index is 0.730. The lowest BCUT2D eigenvalue weighted by atomic mass is 9.96. The first kappa shape index (κ1) is 23.7. The standard InChI is InChI=1S/C23H39NO2S/c1-5-9-11-19(7-3)16-24(17-20(8-4)12-10-6-2)22-15-21(18-27-22)13-14-23(25)26/h13-15,18-20H,5-12,16-17H2,1-4H3,(H,25,26)/b14-13+. The Morgan fingerprint density at radius 2 is 1.63 bits per heavy atom. The molecule has 0 spiro atoms. The summed E-state index contributed by atoms with van der Waals surface area (Å²) in [6.07, 6.45) is 13.1. The summed E-state index contributed by atoms with van der Waals surface area (Å²) in [7, 11) is 0. The van der Waals surface area contributed by atoms with Crippen molar-refractivity contribution >= 4 is 28.4 Å². The molecule has 4 heteroatoms. The highest BCUT2D eigenvalue weighted by molar-refractivity contribution is 7.14. The molecule has 27 heavy (non-hydrogen) atoms. The maximum absolute atomic E-state index is 10.8. The Balaban J connectivity index is 2.92. The number of thiophene rings is 1. The lowest BCUT2D eigenvalue weighted by Crippen LogP contribution is -2.33. The van der Waals surface area contributed by atoms with E-state index in [1.165, 1.54) is 62.4 Å². The van der Waals surface area contributed by atoms with Gasteiger partial charge in [0.2, 0.25) is 0 Å². The van der Waals surface area contributed by atoms with E-state index >= 15 is 0 Å². The number of carboxylic acid groups (broad SMARTS) is 1. The fourth-order valence-electron chi connectivity index (χ4n) is 3.47. The summed E-state index contributed by atoms with van der Waals surface area (Å²) in [5, 5.41) is 12.2. The van der Waals surface area contributed by atoms with Gasteiger partial charge in [-0.1, -0.05) is 66.2 Å². The Morgan fingerprint density at radius 1 is 1.07 bits per heavy atom. The normalized spacial score (nSPS) is 13.8. The molecule has 2 atom stereocenters. The van der Waals surface area contributed by atoms with Crippen LogP contribution in [0.5, 0.6) is 0 Å². The van der Waals surface area contributed by atoms with Gasteiger partial charge in [0, 0.05) is 24.5 Å². The summed E-state index contributed by atoms with van der Waals surface area (Å²) in [5.41, 5.74) is 0.991. The van der Waals surface area contributed by atoms with Crippen molar-refractivity contribution in [3.05, 3.63) is 23.1 Å². The van der Waals surface area contributed by atoms with Crippen LogP contribution in [0.3, 0.4) is 0 Å². The third kappa shape index (κ3) is 9.46. The Labute approximate surface area is 170 Å². The van der Waals surface area contributed by atoms with Crippen molar-refractivity contribution in [3.8, 4) is 0 Å². The van der Waals surface area contributed by atoms with Gasteiger partial charge in [0.15, 0.2) is 0 Å². The Morgan fingerprint density at radius 3 is 2.07 bits per heavy atom. The molecule has 0 aromatic carbocycles. The molecule has 0 aliphatic rings. The number of carboxylic acids is 1. The summed E-state index contributed by atoms with van der Waals surface area (Å²) in [4.78, 5) is 13.4. The van der Waals surface area contributed by atoms with Crippen molar-refractivity contribution in [3.63, 3.8) is 0 Å². The van der Waals surface area contributed by atoms with Crippen molar-refractivity contribution in [2.24, 2.45) is 11.8 Å². The molecule has 0 saturated carbocycles. The predicted molar refractivity (Wildman–Crippen MR) is 120 cm³/mol. The summed E-state index contributed by atoms with van der Waals surface area (Å²) < 4.78 is 0. The molecule has 154 valence electrons. The number of hydrogen-bond acceptors (Lipinski definition) is 3. The molecular formula is C23H39NO2S. The van der Waals surface area contributed by atoms with Crippen molar-refractivity contribution in [1.82, 2.24) is 0 Å². The molecule has 0 bridgehead atoms. The molecule has 0 amide bonds. The molecule has 0 saturated heterocycles. The molecule has 0 aliphatic carbocycles. The highest BCUT2D eigenvalue weighted by Crippen LogP contribution is 2.30. The van der Waals surface area contributed by atoms with E-state index in [1.54, 1.807) is 17.4 Å². The molecule has 3 nitrogen and oxygen atoms in total. The zero-order valence-corrected chi connectivity index (χ0v) is 18.6. The van der Waals surface area contributed by atoms with Crippen LogP contribution in [0.2, 0.25) is 0 Å². The molecule has 0 aliphatic heterocycles. The summed E-state index contributed by atoms with van der Waals surface area (Å²) in [6.45, 7) is 11.4. The lowest BCUT2D eigenvalue weighted by molar-refractivity contribution is -0.131. The van der Waals surface area contributed by atoms with E-state index < -0.39 is 5.97 Å². The van der Waals surface area contributed by atoms with Gasteiger partial charge in [-0.15, -0.1) is 11.3 Å². The van der Waals surface area contributed by atoms with Gasteiger partial charge in [-0.25, -0.2) is 4.79 Å². The predicted octanol–water partition coefficient (Wildman–Crippen LogP) is 7.09. The topological polar surface area (TPSA) is 40.5 Å². The van der Waals surface area contributed by atoms with E-state index in [0.29, 0.717) is 0 Å². The third-order valence-electron chi connectivity index (χ3n) is 5.38. The Bertz CT molecular complexity index is 534. The monoisotopic (exact) mass is 393 g/mol. The Hall–Kier alpha value is -1.29. The van der Waals surface area contributed by atoms with Gasteiger partial charge in [0.1, 0.15) is 0 Å². The number of hydrogen-bond donors (Lipinski definition) is 1. The van der Waals surface area contributed by atoms with Crippen LogP contribution >= 0.6 is 11.3 Å². The van der Waals surface area contributed by atoms with Crippen LogP contribution in [-0.4, -0.2) is 24.2 Å². The van der Waals surface area contributed by atoms with Crippen molar-refractivity contribution < 1.29 is 9.90 Å². The highest BCUT2D eigenvalue weighted by atomic mass is 32.1. The molecule has 1 N–H and O–H groups in total. The van der Waals surface area contributed by atoms with E-state index in [1.807, 2.05) is 0 Å². The summed E-state index contributed by atoms with van der Waals surface area (Å²) in [5.74, 6) is 0.568. The second-order valence-electron chi connectivity index (χ2n) is 7.63. The van der Waals surface area contributed by atoms with Gasteiger partial charge in [-0.05, 0) is 42.4 Å². The fourth-order valence-corrected chi connectivity index (χ4v) is 4.38. The van der Waals surface area contributed by atoms with Crippen LogP contribution in [0.1, 0.15) is 84.6 Å². The Kier molecular flexibility index (Phi) is 12.2. The zero-order chi connectivity index (χ0) is 20.1. The van der Waals surface area contributed by atoms with Crippen LogP contribution in [0.4, 0.5) is 5.00 Å². The largest absolute Gasteiger partial charge is 0.478 e. The molecule has 2 unspecified atom stereocenters. The second-order valence-corrected chi connectivity index (χ2v) is 8.52. The number of carbonyl (C=O) groups is 1. The zero-order valence-electron chi connectivity index (χ0n) is 17.7. The van der Waals surface area contributed by atoms with Crippen LogP contribution in [-0.2, 0) is 4.79 Å². The lowest BCUT2D eigenvalue weighted by Gasteiger charge is -2.31. The van der Waals surface area contributed by atoms with Crippen molar-refractivity contribution in [1.29, 1.82) is 0 Å². The van der Waals surface area contributed by atoms with Crippen molar-refractivity contribution in [2.45, 2.75) is 79.1 Å². The molecule has 0 fully saturated rings. The minimum Gasteiger partial charge on any atom is -0.478 e. The first-order chi connectivity index (χ1) is 13.0. The van der Waals surface area contributed by atoms with E-state index in [-0.39, 0.29) is 0 Å². The number of unbranched alkanes of at least 4 members (excludes halogenated alkanes) is 2. The number of nitrogens with zero attached hydrogens (tertiary/aromatic N) is 1. The number of aliphatic carboxylic acids is 1. The summed E-state index contributed by atoms with van der Waals surface area (Å²) >= 11 is 1.74. The maximum Gasteiger partial charge on any atom is 0.328 e. The average molecular weight is 394 g/mol. The SMILES string of the molecule is CCCCC(CC)CN(CC(CC)CCCC)c1cc(/C=C/C(=O)O)cs1. The van der Waals surface area contributed by atoms with Crippen LogP contribution in [0, 0.1) is 11.8 Å².